The Labute approximate surface area is 137 Å². The molecule has 0 saturated carbocycles. The van der Waals surface area contributed by atoms with Gasteiger partial charge in [-0.25, -0.2) is 0 Å². The Morgan fingerprint density at radius 3 is 2.64 bits per heavy atom. The molecule has 1 rings (SSSR count). The maximum absolute atomic E-state index is 11.8. The lowest BCUT2D eigenvalue weighted by Gasteiger charge is -2.13. The minimum Gasteiger partial charge on any atom is -0.492 e. The molecule has 3 N–H and O–H groups in total. The SMILES string of the molecule is CSCC[C@H](N)C(=O)NCc1ccc(OCCN(C)C)cc1. The number of hydrogen-bond donors (Lipinski definition) is 2. The minimum atomic E-state index is -0.430. The van der Waals surface area contributed by atoms with E-state index in [9.17, 15) is 4.79 Å². The van der Waals surface area contributed by atoms with E-state index in [0.717, 1.165) is 23.6 Å². The number of nitrogens with one attached hydrogen (secondary N) is 1. The summed E-state index contributed by atoms with van der Waals surface area (Å²) in [6.45, 7) is 2.03. The molecule has 0 aliphatic heterocycles. The van der Waals surface area contributed by atoms with Crippen LogP contribution in [0.25, 0.3) is 0 Å². The van der Waals surface area contributed by atoms with Crippen LogP contribution < -0.4 is 15.8 Å². The zero-order valence-corrected chi connectivity index (χ0v) is 14.5. The van der Waals surface area contributed by atoms with Crippen LogP contribution in [0.15, 0.2) is 24.3 Å². The zero-order chi connectivity index (χ0) is 16.4. The van der Waals surface area contributed by atoms with Gasteiger partial charge < -0.3 is 20.7 Å². The van der Waals surface area contributed by atoms with Crippen molar-refractivity contribution in [3.63, 3.8) is 0 Å². The number of carbonyl (C=O) groups is 1. The Bertz CT molecular complexity index is 438. The van der Waals surface area contributed by atoms with Crippen molar-refractivity contribution in [1.29, 1.82) is 0 Å². The van der Waals surface area contributed by atoms with Gasteiger partial charge in [0.25, 0.3) is 0 Å². The highest BCUT2D eigenvalue weighted by Crippen LogP contribution is 2.12. The van der Waals surface area contributed by atoms with Gasteiger partial charge in [-0.15, -0.1) is 0 Å². The first-order valence-corrected chi connectivity index (χ1v) is 8.81. The summed E-state index contributed by atoms with van der Waals surface area (Å²) in [6, 6.07) is 7.33. The van der Waals surface area contributed by atoms with Gasteiger partial charge >= 0.3 is 0 Å². The fraction of sp³-hybridized carbons (Fsp3) is 0.562. The van der Waals surface area contributed by atoms with E-state index in [1.165, 1.54) is 0 Å². The molecule has 0 aromatic heterocycles. The fourth-order valence-electron chi connectivity index (χ4n) is 1.75. The van der Waals surface area contributed by atoms with E-state index < -0.39 is 6.04 Å². The third-order valence-corrected chi connectivity index (χ3v) is 3.81. The molecule has 0 bridgehead atoms. The number of benzene rings is 1. The van der Waals surface area contributed by atoms with E-state index >= 15 is 0 Å². The van der Waals surface area contributed by atoms with Gasteiger partial charge in [0.05, 0.1) is 6.04 Å². The highest BCUT2D eigenvalue weighted by Gasteiger charge is 2.12. The van der Waals surface area contributed by atoms with E-state index in [1.54, 1.807) is 11.8 Å². The summed E-state index contributed by atoms with van der Waals surface area (Å²) in [5, 5.41) is 2.86. The standard InChI is InChI=1S/C16H27N3O2S/c1-19(2)9-10-21-14-6-4-13(5-7-14)12-18-16(20)15(17)8-11-22-3/h4-7,15H,8-12,17H2,1-3H3,(H,18,20)/t15-/m0/s1. The number of nitrogens with two attached hydrogens (primary N) is 1. The first-order valence-electron chi connectivity index (χ1n) is 7.41. The number of carbonyl (C=O) groups excluding carboxylic acids is 1. The Kier molecular flexibility index (Phi) is 8.96. The molecular formula is C16H27N3O2S. The van der Waals surface area contributed by atoms with Gasteiger partial charge in [0.15, 0.2) is 0 Å². The second-order valence-electron chi connectivity index (χ2n) is 5.40. The van der Waals surface area contributed by atoms with Crippen molar-refractivity contribution >= 4 is 17.7 Å². The lowest BCUT2D eigenvalue weighted by Crippen LogP contribution is -2.40. The third kappa shape index (κ3) is 7.68. The van der Waals surface area contributed by atoms with Gasteiger partial charge in [-0.2, -0.15) is 11.8 Å². The van der Waals surface area contributed by atoms with E-state index in [2.05, 4.69) is 10.2 Å². The maximum atomic E-state index is 11.8. The Balaban J connectivity index is 2.33. The zero-order valence-electron chi connectivity index (χ0n) is 13.7. The van der Waals surface area contributed by atoms with Crippen LogP contribution in [0.5, 0.6) is 5.75 Å². The molecule has 1 atom stereocenters. The number of rotatable bonds is 10. The summed E-state index contributed by atoms with van der Waals surface area (Å²) >= 11 is 1.69. The van der Waals surface area contributed by atoms with Crippen molar-refractivity contribution in [3.05, 3.63) is 29.8 Å². The molecule has 0 spiro atoms. The molecule has 0 heterocycles. The van der Waals surface area contributed by atoms with E-state index in [0.29, 0.717) is 19.6 Å². The molecule has 1 amide bonds. The van der Waals surface area contributed by atoms with Crippen LogP contribution in [0.1, 0.15) is 12.0 Å². The summed E-state index contributed by atoms with van der Waals surface area (Å²) in [5.74, 6) is 1.64. The lowest BCUT2D eigenvalue weighted by molar-refractivity contribution is -0.122. The fourth-order valence-corrected chi connectivity index (χ4v) is 2.24. The van der Waals surface area contributed by atoms with Crippen molar-refractivity contribution in [2.75, 3.05) is 39.3 Å². The quantitative estimate of drug-likeness (QED) is 0.679. The highest BCUT2D eigenvalue weighted by molar-refractivity contribution is 7.98. The summed E-state index contributed by atoms with van der Waals surface area (Å²) in [4.78, 5) is 13.9. The number of nitrogens with zero attached hydrogens (tertiary/aromatic N) is 1. The molecule has 22 heavy (non-hydrogen) atoms. The van der Waals surface area contributed by atoms with Crippen LogP contribution in [0.4, 0.5) is 0 Å². The van der Waals surface area contributed by atoms with Crippen LogP contribution >= 0.6 is 11.8 Å². The molecule has 124 valence electrons. The Morgan fingerprint density at radius 1 is 1.36 bits per heavy atom. The summed E-state index contributed by atoms with van der Waals surface area (Å²) in [5.41, 5.74) is 6.85. The Hall–Kier alpha value is -1.24. The highest BCUT2D eigenvalue weighted by atomic mass is 32.2. The molecule has 6 heteroatoms. The topological polar surface area (TPSA) is 67.6 Å². The monoisotopic (exact) mass is 325 g/mol. The van der Waals surface area contributed by atoms with Crippen LogP contribution in [0.3, 0.4) is 0 Å². The van der Waals surface area contributed by atoms with Crippen LogP contribution in [0, 0.1) is 0 Å². The van der Waals surface area contributed by atoms with Gasteiger partial charge in [0, 0.05) is 13.1 Å². The van der Waals surface area contributed by atoms with Crippen LogP contribution in [-0.4, -0.2) is 56.1 Å². The van der Waals surface area contributed by atoms with Crippen LogP contribution in [-0.2, 0) is 11.3 Å². The van der Waals surface area contributed by atoms with Gasteiger partial charge in [-0.05, 0) is 50.2 Å². The lowest BCUT2D eigenvalue weighted by atomic mass is 10.2. The second kappa shape index (κ2) is 10.5. The molecule has 5 nitrogen and oxygen atoms in total. The third-order valence-electron chi connectivity index (χ3n) is 3.17. The van der Waals surface area contributed by atoms with Crippen molar-refractivity contribution in [1.82, 2.24) is 10.2 Å². The molecule has 0 fully saturated rings. The van der Waals surface area contributed by atoms with Crippen molar-refractivity contribution in [2.45, 2.75) is 19.0 Å². The predicted molar refractivity (Wildman–Crippen MR) is 93.3 cm³/mol. The molecule has 1 aromatic rings. The normalized spacial score (nSPS) is 12.2. The van der Waals surface area contributed by atoms with E-state index in [1.807, 2.05) is 44.6 Å². The van der Waals surface area contributed by atoms with Crippen molar-refractivity contribution in [2.24, 2.45) is 5.73 Å². The van der Waals surface area contributed by atoms with Gasteiger partial charge in [0.1, 0.15) is 12.4 Å². The first-order chi connectivity index (χ1) is 10.5. The largest absolute Gasteiger partial charge is 0.492 e. The summed E-state index contributed by atoms with van der Waals surface area (Å²) in [7, 11) is 4.03. The van der Waals surface area contributed by atoms with Gasteiger partial charge in [-0.3, -0.25) is 4.79 Å². The average molecular weight is 325 g/mol. The van der Waals surface area contributed by atoms with E-state index in [-0.39, 0.29) is 5.91 Å². The summed E-state index contributed by atoms with van der Waals surface area (Å²) in [6.07, 6.45) is 2.71. The molecule has 0 aliphatic carbocycles. The maximum Gasteiger partial charge on any atom is 0.237 e. The Morgan fingerprint density at radius 2 is 2.05 bits per heavy atom. The molecular weight excluding hydrogens is 298 g/mol. The van der Waals surface area contributed by atoms with Gasteiger partial charge in [-0.1, -0.05) is 12.1 Å². The molecule has 1 aromatic carbocycles. The van der Waals surface area contributed by atoms with Gasteiger partial charge in [0.2, 0.25) is 5.91 Å². The average Bonchev–Trinajstić information content (AvgIpc) is 2.51. The smallest absolute Gasteiger partial charge is 0.237 e. The number of ether oxygens (including phenoxy) is 1. The molecule has 0 radical (unpaired) electrons. The number of likely N-dealkylation sites (N-methyl/N-ethyl adjacent to an activating group) is 1. The summed E-state index contributed by atoms with van der Waals surface area (Å²) < 4.78 is 5.63. The number of hydrogen-bond acceptors (Lipinski definition) is 5. The predicted octanol–water partition coefficient (Wildman–Crippen LogP) is 1.32. The molecule has 0 unspecified atom stereocenters. The molecule has 0 aliphatic rings. The number of amides is 1. The number of thioether (sulfide) groups is 1. The van der Waals surface area contributed by atoms with E-state index in [4.69, 9.17) is 10.5 Å². The van der Waals surface area contributed by atoms with Crippen LogP contribution in [0.2, 0.25) is 0 Å². The van der Waals surface area contributed by atoms with Crippen molar-refractivity contribution in [3.8, 4) is 5.75 Å². The second-order valence-corrected chi connectivity index (χ2v) is 6.39. The molecule has 0 saturated heterocycles. The first kappa shape index (κ1) is 18.8. The minimum absolute atomic E-state index is 0.0969. The van der Waals surface area contributed by atoms with Crippen molar-refractivity contribution < 1.29 is 9.53 Å².